The van der Waals surface area contributed by atoms with Gasteiger partial charge in [0, 0.05) is 22.3 Å². The topological polar surface area (TPSA) is 3.24 Å². The summed E-state index contributed by atoms with van der Waals surface area (Å²) in [6.45, 7) is 2.34. The Bertz CT molecular complexity index is 948. The average Bonchev–Trinajstić information content (AvgIpc) is 2.95. The molecule has 3 aromatic rings. The maximum atomic E-state index is 2.58. The van der Waals surface area contributed by atoms with Gasteiger partial charge in [0.1, 0.15) is 0 Å². The zero-order valence-corrected chi connectivity index (χ0v) is 13.9. The van der Waals surface area contributed by atoms with E-state index in [1.807, 2.05) is 0 Å². The second kappa shape index (κ2) is 5.24. The van der Waals surface area contributed by atoms with Gasteiger partial charge >= 0.3 is 0 Å². The number of allylic oxidation sites excluding steroid dienone is 1. The summed E-state index contributed by atoms with van der Waals surface area (Å²) in [5.41, 5.74) is 5.64. The molecule has 5 rings (SSSR count). The molecule has 0 spiro atoms. The van der Waals surface area contributed by atoms with Crippen LogP contribution in [0.4, 0.5) is 11.4 Å². The van der Waals surface area contributed by atoms with Crippen molar-refractivity contribution in [2.45, 2.75) is 25.8 Å². The van der Waals surface area contributed by atoms with E-state index in [-0.39, 0.29) is 0 Å². The highest BCUT2D eigenvalue weighted by Gasteiger charge is 2.37. The molecule has 0 fully saturated rings. The van der Waals surface area contributed by atoms with E-state index >= 15 is 0 Å². The van der Waals surface area contributed by atoms with Gasteiger partial charge < -0.3 is 4.90 Å². The van der Waals surface area contributed by atoms with Crippen molar-refractivity contribution in [1.82, 2.24) is 0 Å². The number of fused-ring (bicyclic) bond motifs is 4. The Kier molecular flexibility index (Phi) is 3.02. The van der Waals surface area contributed by atoms with Crippen LogP contribution in [-0.4, -0.2) is 6.04 Å². The molecule has 2 unspecified atom stereocenters. The number of para-hydroxylation sites is 1. The Hall–Kier alpha value is -2.54. The first kappa shape index (κ1) is 13.9. The van der Waals surface area contributed by atoms with Gasteiger partial charge in [-0.3, -0.25) is 0 Å². The molecule has 0 bridgehead atoms. The third-order valence-electron chi connectivity index (χ3n) is 5.53. The van der Waals surface area contributed by atoms with Crippen LogP contribution in [0.5, 0.6) is 0 Å². The summed E-state index contributed by atoms with van der Waals surface area (Å²) < 4.78 is 0. The van der Waals surface area contributed by atoms with Crippen LogP contribution in [0.1, 0.15) is 25.3 Å². The Labute approximate surface area is 143 Å². The molecule has 2 atom stereocenters. The van der Waals surface area contributed by atoms with Crippen LogP contribution in [0, 0.1) is 5.92 Å². The fraction of sp³-hybridized carbons (Fsp3) is 0.217. The van der Waals surface area contributed by atoms with Gasteiger partial charge in [-0.05, 0) is 41.9 Å². The lowest BCUT2D eigenvalue weighted by Crippen LogP contribution is -2.29. The molecule has 3 aromatic carbocycles. The Balaban J connectivity index is 1.77. The molecule has 1 aliphatic carbocycles. The van der Waals surface area contributed by atoms with Crippen LogP contribution >= 0.6 is 0 Å². The first-order valence-corrected chi connectivity index (χ1v) is 8.91. The van der Waals surface area contributed by atoms with Crippen molar-refractivity contribution in [1.29, 1.82) is 0 Å². The second-order valence-electron chi connectivity index (χ2n) is 7.08. The largest absolute Gasteiger partial charge is 0.333 e. The Morgan fingerprint density at radius 3 is 2.50 bits per heavy atom. The minimum atomic E-state index is 0.476. The number of hydrogen-bond donors (Lipinski definition) is 0. The number of anilines is 2. The third-order valence-corrected chi connectivity index (χ3v) is 5.53. The lowest BCUT2D eigenvalue weighted by molar-refractivity contribution is 0.555. The fourth-order valence-corrected chi connectivity index (χ4v) is 4.43. The van der Waals surface area contributed by atoms with E-state index in [2.05, 4.69) is 84.6 Å². The molecule has 0 aromatic heterocycles. The summed E-state index contributed by atoms with van der Waals surface area (Å²) in [4.78, 5) is 2.58. The van der Waals surface area contributed by atoms with Crippen molar-refractivity contribution >= 4 is 27.7 Å². The lowest BCUT2D eigenvalue weighted by atomic mass is 9.86. The van der Waals surface area contributed by atoms with E-state index < -0.39 is 0 Å². The van der Waals surface area contributed by atoms with Crippen molar-refractivity contribution in [3.8, 4) is 0 Å². The SMILES string of the molecule is CC1C=C2c3ccccc3N(c3cccc4ccccc34)C2CC1. The zero-order valence-electron chi connectivity index (χ0n) is 13.9. The van der Waals surface area contributed by atoms with Crippen molar-refractivity contribution in [3.05, 3.63) is 78.4 Å². The first-order valence-electron chi connectivity index (χ1n) is 8.91. The van der Waals surface area contributed by atoms with Crippen LogP contribution in [0.15, 0.2) is 72.8 Å². The molecule has 0 radical (unpaired) electrons. The van der Waals surface area contributed by atoms with E-state index in [4.69, 9.17) is 0 Å². The molecule has 1 nitrogen and oxygen atoms in total. The van der Waals surface area contributed by atoms with Crippen molar-refractivity contribution in [2.75, 3.05) is 4.90 Å². The highest BCUT2D eigenvalue weighted by molar-refractivity contribution is 6.01. The Morgan fingerprint density at radius 1 is 0.792 bits per heavy atom. The highest BCUT2D eigenvalue weighted by Crippen LogP contribution is 2.50. The highest BCUT2D eigenvalue weighted by atomic mass is 15.2. The van der Waals surface area contributed by atoms with Crippen LogP contribution in [0.25, 0.3) is 16.3 Å². The molecule has 1 aliphatic heterocycles. The van der Waals surface area contributed by atoms with Gasteiger partial charge in [-0.1, -0.05) is 67.6 Å². The summed E-state index contributed by atoms with van der Waals surface area (Å²) in [6.07, 6.45) is 4.99. The Morgan fingerprint density at radius 2 is 1.54 bits per heavy atom. The molecule has 118 valence electrons. The molecule has 0 N–H and O–H groups in total. The fourth-order valence-electron chi connectivity index (χ4n) is 4.43. The second-order valence-corrected chi connectivity index (χ2v) is 7.08. The zero-order chi connectivity index (χ0) is 16.1. The van der Waals surface area contributed by atoms with Crippen LogP contribution < -0.4 is 4.90 Å². The van der Waals surface area contributed by atoms with Gasteiger partial charge in [-0.25, -0.2) is 0 Å². The minimum absolute atomic E-state index is 0.476. The van der Waals surface area contributed by atoms with Gasteiger partial charge in [-0.15, -0.1) is 0 Å². The van der Waals surface area contributed by atoms with E-state index in [0.717, 1.165) is 0 Å². The number of rotatable bonds is 1. The maximum absolute atomic E-state index is 2.58. The predicted octanol–water partition coefficient (Wildman–Crippen LogP) is 6.17. The molecular formula is C23H21N. The molecule has 0 amide bonds. The smallest absolute Gasteiger partial charge is 0.0595 e. The lowest BCUT2D eigenvalue weighted by Gasteiger charge is -2.32. The van der Waals surface area contributed by atoms with Gasteiger partial charge in [0.05, 0.1) is 6.04 Å². The molecule has 24 heavy (non-hydrogen) atoms. The maximum Gasteiger partial charge on any atom is 0.0595 e. The van der Waals surface area contributed by atoms with Crippen LogP contribution in [0.2, 0.25) is 0 Å². The summed E-state index contributed by atoms with van der Waals surface area (Å²) in [7, 11) is 0. The van der Waals surface area contributed by atoms with E-state index in [1.165, 1.54) is 46.1 Å². The minimum Gasteiger partial charge on any atom is -0.333 e. The normalized spacial score (nSPS) is 22.2. The number of benzene rings is 3. The molecular weight excluding hydrogens is 290 g/mol. The van der Waals surface area contributed by atoms with Gasteiger partial charge in [0.15, 0.2) is 0 Å². The van der Waals surface area contributed by atoms with Gasteiger partial charge in [0.2, 0.25) is 0 Å². The summed E-state index contributed by atoms with van der Waals surface area (Å²) >= 11 is 0. The first-order chi connectivity index (χ1) is 11.8. The average molecular weight is 311 g/mol. The van der Waals surface area contributed by atoms with E-state index in [0.29, 0.717) is 12.0 Å². The number of nitrogens with zero attached hydrogens (tertiary/aromatic N) is 1. The monoisotopic (exact) mass is 311 g/mol. The standard InChI is InChI=1S/C23H21N/c1-16-13-14-23-20(15-16)19-10-4-5-11-22(19)24(23)21-12-6-8-17-7-2-3-9-18(17)21/h2-12,15-16,23H,13-14H2,1H3. The summed E-state index contributed by atoms with van der Waals surface area (Å²) in [5, 5.41) is 2.66. The van der Waals surface area contributed by atoms with E-state index in [1.54, 1.807) is 0 Å². The van der Waals surface area contributed by atoms with Crippen molar-refractivity contribution in [3.63, 3.8) is 0 Å². The summed E-state index contributed by atoms with van der Waals surface area (Å²) in [6, 6.07) is 24.8. The third kappa shape index (κ3) is 1.94. The van der Waals surface area contributed by atoms with Crippen LogP contribution in [-0.2, 0) is 0 Å². The van der Waals surface area contributed by atoms with Crippen molar-refractivity contribution < 1.29 is 0 Å². The molecule has 1 heteroatoms. The van der Waals surface area contributed by atoms with E-state index in [9.17, 15) is 0 Å². The van der Waals surface area contributed by atoms with Crippen molar-refractivity contribution in [2.24, 2.45) is 5.92 Å². The molecule has 0 saturated carbocycles. The molecule has 1 heterocycles. The van der Waals surface area contributed by atoms with Gasteiger partial charge in [0.25, 0.3) is 0 Å². The van der Waals surface area contributed by atoms with Gasteiger partial charge in [-0.2, -0.15) is 0 Å². The summed E-state index contributed by atoms with van der Waals surface area (Å²) in [5.74, 6) is 0.678. The molecule has 2 aliphatic rings. The van der Waals surface area contributed by atoms with Crippen LogP contribution in [0.3, 0.4) is 0 Å². The quantitative estimate of drug-likeness (QED) is 0.519. The molecule has 0 saturated heterocycles. The predicted molar refractivity (Wildman–Crippen MR) is 103 cm³/mol. The number of hydrogen-bond acceptors (Lipinski definition) is 1.